The molecule has 0 spiro atoms. The highest BCUT2D eigenvalue weighted by Crippen LogP contribution is 2.28. The topological polar surface area (TPSA) is 51.2 Å². The summed E-state index contributed by atoms with van der Waals surface area (Å²) in [6.07, 6.45) is 2.56. The van der Waals surface area contributed by atoms with E-state index in [1.54, 1.807) is 12.1 Å². The molecule has 1 aromatic carbocycles. The Morgan fingerprint density at radius 1 is 1.33 bits per heavy atom. The lowest BCUT2D eigenvalue weighted by molar-refractivity contribution is -0.121. The van der Waals surface area contributed by atoms with Crippen molar-refractivity contribution in [2.24, 2.45) is 0 Å². The number of hydrogen-bond acceptors (Lipinski definition) is 4. The molecule has 0 radical (unpaired) electrons. The number of ether oxygens (including phenoxy) is 1. The number of carbonyl (C=O) groups is 1. The highest BCUT2D eigenvalue weighted by atomic mass is 35.5. The lowest BCUT2D eigenvalue weighted by Crippen LogP contribution is -2.47. The van der Waals surface area contributed by atoms with Crippen LogP contribution in [0.5, 0.6) is 5.88 Å². The molecule has 0 fully saturated rings. The van der Waals surface area contributed by atoms with Crippen molar-refractivity contribution in [3.8, 4) is 5.88 Å². The zero-order chi connectivity index (χ0) is 17.6. The Morgan fingerprint density at radius 2 is 2.04 bits per heavy atom. The first-order valence-electron chi connectivity index (χ1n) is 7.39. The van der Waals surface area contributed by atoms with Gasteiger partial charge in [-0.15, -0.1) is 0 Å². The van der Waals surface area contributed by atoms with E-state index in [1.165, 1.54) is 24.4 Å². The van der Waals surface area contributed by atoms with Crippen molar-refractivity contribution in [2.45, 2.75) is 25.5 Å². The molecule has 1 aromatic heterocycles. The highest BCUT2D eigenvalue weighted by Gasteiger charge is 2.31. The first kappa shape index (κ1) is 18.6. The van der Waals surface area contributed by atoms with E-state index < -0.39 is 5.60 Å². The molecule has 0 saturated heterocycles. The van der Waals surface area contributed by atoms with Crippen LogP contribution >= 0.6 is 23.2 Å². The van der Waals surface area contributed by atoms with Crippen LogP contribution in [0, 0.1) is 5.82 Å². The number of rotatable bonds is 8. The Hall–Kier alpha value is -1.69. The second-order valence-electron chi connectivity index (χ2n) is 5.31. The van der Waals surface area contributed by atoms with Crippen LogP contribution in [-0.2, 0) is 11.3 Å². The van der Waals surface area contributed by atoms with Gasteiger partial charge in [-0.1, -0.05) is 42.3 Å². The van der Waals surface area contributed by atoms with E-state index in [0.717, 1.165) is 11.8 Å². The third-order valence-electron chi connectivity index (χ3n) is 3.55. The zero-order valence-corrected chi connectivity index (χ0v) is 14.6. The number of benzene rings is 1. The van der Waals surface area contributed by atoms with E-state index in [0.29, 0.717) is 18.0 Å². The monoisotopic (exact) mass is 370 g/mol. The van der Waals surface area contributed by atoms with Gasteiger partial charge in [0.25, 0.3) is 0 Å². The molecule has 0 bridgehead atoms. The normalized spacial score (nSPS) is 13.3. The SMILES string of the molecule is CCC(C=O)(CNCc1ccc(F)cc1)Oc1ncc(Cl)cc1Cl. The zero-order valence-electron chi connectivity index (χ0n) is 13.1. The molecule has 128 valence electrons. The molecule has 1 atom stereocenters. The van der Waals surface area contributed by atoms with Crippen LogP contribution in [-0.4, -0.2) is 23.4 Å². The lowest BCUT2D eigenvalue weighted by atomic mass is 10.0. The van der Waals surface area contributed by atoms with Crippen LogP contribution in [0.2, 0.25) is 10.0 Å². The molecule has 7 heteroatoms. The summed E-state index contributed by atoms with van der Waals surface area (Å²) in [5, 5.41) is 3.76. The molecule has 0 aliphatic carbocycles. The molecule has 2 rings (SSSR count). The van der Waals surface area contributed by atoms with Gasteiger partial charge in [-0.25, -0.2) is 9.37 Å². The minimum Gasteiger partial charge on any atom is -0.461 e. The molecule has 2 aromatic rings. The summed E-state index contributed by atoms with van der Waals surface area (Å²) in [4.78, 5) is 15.6. The van der Waals surface area contributed by atoms with Gasteiger partial charge in [0.05, 0.1) is 5.02 Å². The van der Waals surface area contributed by atoms with E-state index in [4.69, 9.17) is 27.9 Å². The van der Waals surface area contributed by atoms with Crippen LogP contribution in [0.4, 0.5) is 4.39 Å². The molecule has 4 nitrogen and oxygen atoms in total. The van der Waals surface area contributed by atoms with Crippen molar-refractivity contribution >= 4 is 29.5 Å². The number of aldehydes is 1. The molecule has 0 saturated carbocycles. The number of aromatic nitrogens is 1. The molecule has 24 heavy (non-hydrogen) atoms. The molecule has 0 amide bonds. The molecular formula is C17H17Cl2FN2O2. The number of hydrogen-bond donors (Lipinski definition) is 1. The quantitative estimate of drug-likeness (QED) is 0.712. The van der Waals surface area contributed by atoms with Gasteiger partial charge in [-0.2, -0.15) is 0 Å². The third-order valence-corrected chi connectivity index (χ3v) is 4.03. The van der Waals surface area contributed by atoms with Gasteiger partial charge >= 0.3 is 0 Å². The van der Waals surface area contributed by atoms with Crippen LogP contribution in [0.3, 0.4) is 0 Å². The maximum atomic E-state index is 12.9. The largest absolute Gasteiger partial charge is 0.461 e. The molecule has 1 unspecified atom stereocenters. The van der Waals surface area contributed by atoms with Crippen molar-refractivity contribution in [3.05, 3.63) is 58.0 Å². The van der Waals surface area contributed by atoms with E-state index >= 15 is 0 Å². The van der Waals surface area contributed by atoms with Gasteiger partial charge in [-0.3, -0.25) is 4.79 Å². The highest BCUT2D eigenvalue weighted by molar-refractivity contribution is 6.35. The summed E-state index contributed by atoms with van der Waals surface area (Å²) < 4.78 is 18.7. The average Bonchev–Trinajstić information content (AvgIpc) is 2.58. The minimum atomic E-state index is -1.11. The van der Waals surface area contributed by atoms with Gasteiger partial charge in [-0.05, 0) is 30.2 Å². The van der Waals surface area contributed by atoms with Crippen molar-refractivity contribution in [1.82, 2.24) is 10.3 Å². The minimum absolute atomic E-state index is 0.151. The summed E-state index contributed by atoms with van der Waals surface area (Å²) >= 11 is 11.9. The number of halogens is 3. The summed E-state index contributed by atoms with van der Waals surface area (Å²) in [7, 11) is 0. The van der Waals surface area contributed by atoms with Crippen molar-refractivity contribution in [2.75, 3.05) is 6.54 Å². The van der Waals surface area contributed by atoms with Crippen molar-refractivity contribution < 1.29 is 13.9 Å². The van der Waals surface area contributed by atoms with Crippen LogP contribution in [0.25, 0.3) is 0 Å². The number of nitrogens with one attached hydrogen (secondary N) is 1. The second-order valence-corrected chi connectivity index (χ2v) is 6.15. The van der Waals surface area contributed by atoms with Gasteiger partial charge in [0.2, 0.25) is 5.88 Å². The molecule has 0 aliphatic heterocycles. The Balaban J connectivity index is 2.03. The van der Waals surface area contributed by atoms with Crippen LogP contribution < -0.4 is 10.1 Å². The molecular weight excluding hydrogens is 354 g/mol. The Labute approximate surface area is 149 Å². The van der Waals surface area contributed by atoms with Gasteiger partial charge in [0.1, 0.15) is 10.8 Å². The number of nitrogens with zero attached hydrogens (tertiary/aromatic N) is 1. The molecule has 0 aliphatic rings. The average molecular weight is 371 g/mol. The maximum Gasteiger partial charge on any atom is 0.233 e. The molecule has 1 N–H and O–H groups in total. The summed E-state index contributed by atoms with van der Waals surface area (Å²) in [5.74, 6) is -0.139. The standard InChI is InChI=1S/C17H17Cl2FN2O2/c1-2-17(11-23,24-16-15(19)7-13(18)9-22-16)10-21-8-12-3-5-14(20)6-4-12/h3-7,9,11,21H,2,8,10H2,1H3. The first-order chi connectivity index (χ1) is 11.5. The maximum absolute atomic E-state index is 12.9. The number of carbonyl (C=O) groups excluding carboxylic acids is 1. The first-order valence-corrected chi connectivity index (χ1v) is 8.15. The van der Waals surface area contributed by atoms with E-state index in [1.807, 2.05) is 6.92 Å². The Kier molecular flexibility index (Phi) is 6.54. The lowest BCUT2D eigenvalue weighted by Gasteiger charge is -2.28. The fraction of sp³-hybridized carbons (Fsp3) is 0.294. The second kappa shape index (κ2) is 8.42. The van der Waals surface area contributed by atoms with Crippen LogP contribution in [0.1, 0.15) is 18.9 Å². The van der Waals surface area contributed by atoms with E-state index in [-0.39, 0.29) is 23.3 Å². The van der Waals surface area contributed by atoms with Gasteiger partial charge in [0, 0.05) is 19.3 Å². The van der Waals surface area contributed by atoms with Crippen molar-refractivity contribution in [1.29, 1.82) is 0 Å². The summed E-state index contributed by atoms with van der Waals surface area (Å²) in [5.41, 5.74) is -0.209. The predicted octanol–water partition coefficient (Wildman–Crippen LogP) is 4.04. The number of pyridine rings is 1. The fourth-order valence-electron chi connectivity index (χ4n) is 2.07. The van der Waals surface area contributed by atoms with Gasteiger partial charge < -0.3 is 10.1 Å². The third kappa shape index (κ3) is 4.90. The van der Waals surface area contributed by atoms with E-state index in [9.17, 15) is 9.18 Å². The van der Waals surface area contributed by atoms with E-state index in [2.05, 4.69) is 10.3 Å². The van der Waals surface area contributed by atoms with Gasteiger partial charge in [0.15, 0.2) is 11.9 Å². The summed E-state index contributed by atoms with van der Waals surface area (Å²) in [6.45, 7) is 2.56. The van der Waals surface area contributed by atoms with Crippen molar-refractivity contribution in [3.63, 3.8) is 0 Å². The molecule has 1 heterocycles. The smallest absolute Gasteiger partial charge is 0.233 e. The fourth-order valence-corrected chi connectivity index (χ4v) is 2.49. The van der Waals surface area contributed by atoms with Crippen LogP contribution in [0.15, 0.2) is 36.5 Å². The summed E-state index contributed by atoms with van der Waals surface area (Å²) in [6, 6.07) is 7.63. The Bertz CT molecular complexity index is 697. The Morgan fingerprint density at radius 3 is 2.62 bits per heavy atom. The predicted molar refractivity (Wildman–Crippen MR) is 92.1 cm³/mol.